The van der Waals surface area contributed by atoms with Crippen molar-refractivity contribution in [3.8, 4) is 5.75 Å². The van der Waals surface area contributed by atoms with Crippen LogP contribution in [0, 0.1) is 0 Å². The van der Waals surface area contributed by atoms with E-state index in [0.717, 1.165) is 18.6 Å². The lowest BCUT2D eigenvalue weighted by Gasteiger charge is -2.22. The van der Waals surface area contributed by atoms with E-state index < -0.39 is 0 Å². The predicted molar refractivity (Wildman–Crippen MR) is 87.3 cm³/mol. The van der Waals surface area contributed by atoms with Crippen molar-refractivity contribution in [1.82, 2.24) is 0 Å². The highest BCUT2D eigenvalue weighted by Crippen LogP contribution is 2.25. The number of anilines is 1. The van der Waals surface area contributed by atoms with Crippen LogP contribution in [0.15, 0.2) is 24.3 Å². The zero-order chi connectivity index (χ0) is 16.2. The summed E-state index contributed by atoms with van der Waals surface area (Å²) in [5, 5.41) is 2.13. The number of hydrogen-bond donors (Lipinski definition) is 1. The van der Waals surface area contributed by atoms with E-state index in [4.69, 9.17) is 4.74 Å². The van der Waals surface area contributed by atoms with E-state index in [0.29, 0.717) is 24.8 Å². The van der Waals surface area contributed by atoms with E-state index >= 15 is 0 Å². The van der Waals surface area contributed by atoms with Crippen molar-refractivity contribution >= 4 is 17.5 Å². The molecule has 5 nitrogen and oxygen atoms in total. The predicted octanol–water partition coefficient (Wildman–Crippen LogP) is 1.61. The van der Waals surface area contributed by atoms with Crippen LogP contribution in [0.5, 0.6) is 5.75 Å². The van der Waals surface area contributed by atoms with Gasteiger partial charge in [-0.05, 0) is 56.9 Å². The minimum Gasteiger partial charge on any atom is -0.494 e. The number of nitrogens with two attached hydrogens (primary N) is 1. The van der Waals surface area contributed by atoms with Crippen LogP contribution in [0.2, 0.25) is 0 Å². The smallest absolute Gasteiger partial charge is 0.292 e. The summed E-state index contributed by atoms with van der Waals surface area (Å²) in [7, 11) is 0. The fraction of sp³-hybridized carbons (Fsp3) is 0.556. The molecule has 0 spiro atoms. The van der Waals surface area contributed by atoms with Gasteiger partial charge < -0.3 is 10.1 Å². The Morgan fingerprint density at radius 2 is 1.83 bits per heavy atom. The molecule has 1 aliphatic carbocycles. The van der Waals surface area contributed by atoms with Gasteiger partial charge in [-0.15, -0.1) is 0 Å². The Kier molecular flexibility index (Phi) is 4.96. The lowest BCUT2D eigenvalue weighted by molar-refractivity contribution is -0.710. The zero-order valence-electron chi connectivity index (χ0n) is 13.7. The Bertz CT molecular complexity index is 564. The molecule has 1 aromatic rings. The molecule has 1 atom stereocenters. The molecule has 0 bridgehead atoms. The molecular weight excluding hydrogens is 292 g/mol. The summed E-state index contributed by atoms with van der Waals surface area (Å²) in [6.45, 7) is 2.52. The second-order valence-electron chi connectivity index (χ2n) is 6.40. The number of imide groups is 1. The number of carbonyl (C=O) groups is 2. The first-order valence-electron chi connectivity index (χ1n) is 8.63. The van der Waals surface area contributed by atoms with E-state index in [1.54, 1.807) is 24.3 Å². The van der Waals surface area contributed by atoms with Gasteiger partial charge in [-0.2, -0.15) is 0 Å². The van der Waals surface area contributed by atoms with E-state index in [1.807, 2.05) is 6.92 Å². The molecule has 2 fully saturated rings. The summed E-state index contributed by atoms with van der Waals surface area (Å²) in [5.74, 6) is 0.571. The topological polar surface area (TPSA) is 63.2 Å². The van der Waals surface area contributed by atoms with Gasteiger partial charge in [-0.3, -0.25) is 9.59 Å². The van der Waals surface area contributed by atoms with Crippen LogP contribution in [-0.2, 0) is 9.59 Å². The fourth-order valence-electron chi connectivity index (χ4n) is 3.59. The molecule has 1 aliphatic heterocycles. The van der Waals surface area contributed by atoms with E-state index in [-0.39, 0.29) is 17.9 Å². The summed E-state index contributed by atoms with van der Waals surface area (Å²) in [5.41, 5.74) is 0.642. The number of benzene rings is 1. The molecule has 1 saturated carbocycles. The minimum atomic E-state index is -0.253. The molecule has 1 heterocycles. The van der Waals surface area contributed by atoms with Crippen LogP contribution in [0.3, 0.4) is 0 Å². The molecule has 23 heavy (non-hydrogen) atoms. The third kappa shape index (κ3) is 3.55. The van der Waals surface area contributed by atoms with Gasteiger partial charge in [0.2, 0.25) is 5.91 Å². The van der Waals surface area contributed by atoms with Gasteiger partial charge in [-0.1, -0.05) is 6.42 Å². The lowest BCUT2D eigenvalue weighted by Crippen LogP contribution is -2.96. The third-order valence-corrected chi connectivity index (χ3v) is 4.74. The molecular formula is C18H25N2O3+. The van der Waals surface area contributed by atoms with Gasteiger partial charge in [-0.25, -0.2) is 4.90 Å². The number of ether oxygens (including phenoxy) is 1. The second kappa shape index (κ2) is 7.13. The van der Waals surface area contributed by atoms with Crippen LogP contribution in [0.25, 0.3) is 0 Å². The first-order chi connectivity index (χ1) is 11.2. The van der Waals surface area contributed by atoms with Crippen molar-refractivity contribution in [3.05, 3.63) is 24.3 Å². The highest BCUT2D eigenvalue weighted by atomic mass is 16.5. The third-order valence-electron chi connectivity index (χ3n) is 4.74. The van der Waals surface area contributed by atoms with Crippen molar-refractivity contribution < 1.29 is 19.6 Å². The van der Waals surface area contributed by atoms with Gasteiger partial charge in [0.1, 0.15) is 5.75 Å². The van der Waals surface area contributed by atoms with Gasteiger partial charge in [0.25, 0.3) is 5.91 Å². The van der Waals surface area contributed by atoms with Gasteiger partial charge in [0.05, 0.1) is 24.8 Å². The lowest BCUT2D eigenvalue weighted by atomic mass is 9.95. The van der Waals surface area contributed by atoms with Crippen molar-refractivity contribution in [1.29, 1.82) is 0 Å². The van der Waals surface area contributed by atoms with Crippen molar-refractivity contribution in [2.45, 2.75) is 57.5 Å². The summed E-state index contributed by atoms with van der Waals surface area (Å²) >= 11 is 0. The zero-order valence-corrected chi connectivity index (χ0v) is 13.7. The fourth-order valence-corrected chi connectivity index (χ4v) is 3.59. The summed E-state index contributed by atoms with van der Waals surface area (Å²) < 4.78 is 5.40. The summed E-state index contributed by atoms with van der Waals surface area (Å²) in [6.07, 6.45) is 6.38. The highest BCUT2D eigenvalue weighted by Gasteiger charge is 2.43. The van der Waals surface area contributed by atoms with Crippen LogP contribution >= 0.6 is 0 Å². The number of amides is 2. The van der Waals surface area contributed by atoms with Crippen molar-refractivity contribution in [2.24, 2.45) is 0 Å². The maximum atomic E-state index is 12.6. The molecule has 0 radical (unpaired) electrons. The van der Waals surface area contributed by atoms with E-state index in [9.17, 15) is 9.59 Å². The maximum absolute atomic E-state index is 12.6. The number of hydrogen-bond acceptors (Lipinski definition) is 3. The summed E-state index contributed by atoms with van der Waals surface area (Å²) in [6, 6.07) is 7.41. The van der Waals surface area contributed by atoms with Crippen LogP contribution in [0.1, 0.15) is 45.4 Å². The number of quaternary nitrogens is 1. The molecule has 0 unspecified atom stereocenters. The highest BCUT2D eigenvalue weighted by molar-refractivity contribution is 6.21. The van der Waals surface area contributed by atoms with Crippen molar-refractivity contribution in [3.63, 3.8) is 0 Å². The Hall–Kier alpha value is -1.88. The Morgan fingerprint density at radius 1 is 1.13 bits per heavy atom. The molecule has 1 saturated heterocycles. The maximum Gasteiger partial charge on any atom is 0.292 e. The van der Waals surface area contributed by atoms with Crippen LogP contribution in [0.4, 0.5) is 5.69 Å². The van der Waals surface area contributed by atoms with Gasteiger partial charge >= 0.3 is 0 Å². The molecule has 2 aliphatic rings. The van der Waals surface area contributed by atoms with E-state index in [2.05, 4.69) is 5.32 Å². The Morgan fingerprint density at radius 3 is 2.48 bits per heavy atom. The monoisotopic (exact) mass is 317 g/mol. The number of rotatable bonds is 5. The molecule has 124 valence electrons. The Labute approximate surface area is 137 Å². The second-order valence-corrected chi connectivity index (χ2v) is 6.40. The van der Waals surface area contributed by atoms with Crippen LogP contribution < -0.4 is 15.0 Å². The normalized spacial score (nSPS) is 22.7. The quantitative estimate of drug-likeness (QED) is 0.839. The SMILES string of the molecule is CCOc1ccc(N2C(=O)C[C@@H]([NH2+]C3CCCCC3)C2=O)cc1. The van der Waals surface area contributed by atoms with Crippen molar-refractivity contribution in [2.75, 3.05) is 11.5 Å². The molecule has 0 aromatic heterocycles. The summed E-state index contributed by atoms with van der Waals surface area (Å²) in [4.78, 5) is 26.3. The number of nitrogens with zero attached hydrogens (tertiary/aromatic N) is 1. The first kappa shape index (κ1) is 16.0. The molecule has 2 amide bonds. The molecule has 5 heteroatoms. The average Bonchev–Trinajstić information content (AvgIpc) is 2.84. The standard InChI is InChI=1S/C18H24N2O3/c1-2-23-15-10-8-14(9-11-15)20-17(21)12-16(18(20)22)19-13-6-4-3-5-7-13/h8-11,13,16,19H,2-7,12H2,1H3/p+1/t16-/m1/s1. The van der Waals surface area contributed by atoms with E-state index in [1.165, 1.54) is 24.2 Å². The largest absolute Gasteiger partial charge is 0.494 e. The minimum absolute atomic E-state index is 0.0790. The number of carbonyl (C=O) groups excluding carboxylic acids is 2. The van der Waals surface area contributed by atoms with Gasteiger partial charge in [0.15, 0.2) is 6.04 Å². The van der Waals surface area contributed by atoms with Crippen LogP contribution in [-0.4, -0.2) is 30.5 Å². The molecule has 3 rings (SSSR count). The Balaban J connectivity index is 1.68. The first-order valence-corrected chi connectivity index (χ1v) is 8.63. The van der Waals surface area contributed by atoms with Gasteiger partial charge in [0, 0.05) is 0 Å². The molecule has 1 aromatic carbocycles. The molecule has 2 N–H and O–H groups in total. The average molecular weight is 317 g/mol.